The average molecular weight is 315 g/mol. The van der Waals surface area contributed by atoms with Gasteiger partial charge in [0.2, 0.25) is 0 Å². The molecule has 1 rings (SSSR count). The van der Waals surface area contributed by atoms with Gasteiger partial charge in [-0.05, 0) is 31.2 Å². The SMILES string of the molecule is COCCNCCN(C)Cc1ccc(Br)c(C)c1. The molecule has 1 N–H and O–H groups in total. The predicted molar refractivity (Wildman–Crippen MR) is 80.0 cm³/mol. The van der Waals surface area contributed by atoms with Crippen molar-refractivity contribution in [3.8, 4) is 0 Å². The molecule has 0 atom stereocenters. The van der Waals surface area contributed by atoms with E-state index in [9.17, 15) is 0 Å². The zero-order valence-electron chi connectivity index (χ0n) is 11.5. The van der Waals surface area contributed by atoms with Gasteiger partial charge in [0.05, 0.1) is 6.61 Å². The van der Waals surface area contributed by atoms with Gasteiger partial charge in [-0.1, -0.05) is 28.1 Å². The minimum Gasteiger partial charge on any atom is -0.383 e. The minimum absolute atomic E-state index is 0.773. The molecule has 0 saturated heterocycles. The summed E-state index contributed by atoms with van der Waals surface area (Å²) in [6, 6.07) is 6.53. The van der Waals surface area contributed by atoms with Crippen LogP contribution in [0.4, 0.5) is 0 Å². The topological polar surface area (TPSA) is 24.5 Å². The second-order valence-corrected chi connectivity index (χ2v) is 5.42. The van der Waals surface area contributed by atoms with Gasteiger partial charge in [0.25, 0.3) is 0 Å². The maximum atomic E-state index is 4.99. The molecule has 4 heteroatoms. The lowest BCUT2D eigenvalue weighted by Crippen LogP contribution is -2.30. The van der Waals surface area contributed by atoms with Gasteiger partial charge in [0, 0.05) is 37.8 Å². The molecular weight excluding hydrogens is 292 g/mol. The van der Waals surface area contributed by atoms with E-state index in [1.165, 1.54) is 15.6 Å². The van der Waals surface area contributed by atoms with E-state index < -0.39 is 0 Å². The fourth-order valence-corrected chi connectivity index (χ4v) is 2.01. The molecule has 0 fully saturated rings. The normalized spacial score (nSPS) is 11.2. The highest BCUT2D eigenvalue weighted by atomic mass is 79.9. The van der Waals surface area contributed by atoms with Gasteiger partial charge >= 0.3 is 0 Å². The first-order valence-electron chi connectivity index (χ1n) is 6.26. The number of benzene rings is 1. The van der Waals surface area contributed by atoms with E-state index in [2.05, 4.69) is 58.3 Å². The highest BCUT2D eigenvalue weighted by Crippen LogP contribution is 2.17. The molecule has 0 heterocycles. The molecular formula is C14H23BrN2O. The summed E-state index contributed by atoms with van der Waals surface area (Å²) in [6.07, 6.45) is 0. The minimum atomic E-state index is 0.773. The summed E-state index contributed by atoms with van der Waals surface area (Å²) in [5.74, 6) is 0. The quantitative estimate of drug-likeness (QED) is 0.746. The Morgan fingerprint density at radius 3 is 2.78 bits per heavy atom. The first kappa shape index (κ1) is 15.6. The lowest BCUT2D eigenvalue weighted by molar-refractivity contribution is 0.197. The van der Waals surface area contributed by atoms with Crippen LogP contribution in [0.5, 0.6) is 0 Å². The standard InChI is InChI=1S/C14H23BrN2O/c1-12-10-13(4-5-14(12)15)11-17(2)8-6-16-7-9-18-3/h4-5,10,16H,6-9,11H2,1-3H3. The fraction of sp³-hybridized carbons (Fsp3) is 0.571. The zero-order chi connectivity index (χ0) is 13.4. The van der Waals surface area contributed by atoms with Crippen LogP contribution in [0.3, 0.4) is 0 Å². The molecule has 18 heavy (non-hydrogen) atoms. The Morgan fingerprint density at radius 2 is 2.11 bits per heavy atom. The van der Waals surface area contributed by atoms with Crippen molar-refractivity contribution in [2.75, 3.05) is 40.4 Å². The monoisotopic (exact) mass is 314 g/mol. The summed E-state index contributed by atoms with van der Waals surface area (Å²) in [7, 11) is 3.87. The Morgan fingerprint density at radius 1 is 1.33 bits per heavy atom. The Labute approximate surface area is 119 Å². The summed E-state index contributed by atoms with van der Waals surface area (Å²) in [6.45, 7) is 6.84. The molecule has 0 unspecified atom stereocenters. The molecule has 102 valence electrons. The summed E-state index contributed by atoms with van der Waals surface area (Å²) in [5.41, 5.74) is 2.65. The van der Waals surface area contributed by atoms with E-state index in [4.69, 9.17) is 4.74 Å². The van der Waals surface area contributed by atoms with Crippen LogP contribution < -0.4 is 5.32 Å². The molecule has 0 spiro atoms. The molecule has 0 saturated carbocycles. The molecule has 0 aromatic heterocycles. The third-order valence-corrected chi connectivity index (χ3v) is 3.72. The number of nitrogens with one attached hydrogen (secondary N) is 1. The van der Waals surface area contributed by atoms with Crippen molar-refractivity contribution in [2.24, 2.45) is 0 Å². The van der Waals surface area contributed by atoms with Crippen LogP contribution in [0.15, 0.2) is 22.7 Å². The van der Waals surface area contributed by atoms with Crippen molar-refractivity contribution < 1.29 is 4.74 Å². The highest BCUT2D eigenvalue weighted by Gasteiger charge is 2.02. The number of ether oxygens (including phenoxy) is 1. The Bertz CT molecular complexity index is 358. The van der Waals surface area contributed by atoms with Crippen LogP contribution >= 0.6 is 15.9 Å². The summed E-state index contributed by atoms with van der Waals surface area (Å²) >= 11 is 3.53. The van der Waals surface area contributed by atoms with E-state index in [1.807, 2.05) is 0 Å². The zero-order valence-corrected chi connectivity index (χ0v) is 13.1. The number of halogens is 1. The predicted octanol–water partition coefficient (Wildman–Crippen LogP) is 2.43. The second-order valence-electron chi connectivity index (χ2n) is 4.56. The molecule has 0 aliphatic rings. The van der Waals surface area contributed by atoms with Crippen molar-refractivity contribution in [1.82, 2.24) is 10.2 Å². The third-order valence-electron chi connectivity index (χ3n) is 2.83. The summed E-state index contributed by atoms with van der Waals surface area (Å²) in [4.78, 5) is 2.32. The molecule has 0 amide bonds. The molecule has 0 bridgehead atoms. The van der Waals surface area contributed by atoms with Crippen LogP contribution in [0, 0.1) is 6.92 Å². The number of hydrogen-bond donors (Lipinski definition) is 1. The van der Waals surface area contributed by atoms with E-state index in [0.29, 0.717) is 0 Å². The van der Waals surface area contributed by atoms with Crippen molar-refractivity contribution in [1.29, 1.82) is 0 Å². The average Bonchev–Trinajstić information content (AvgIpc) is 2.34. The number of methoxy groups -OCH3 is 1. The smallest absolute Gasteiger partial charge is 0.0587 e. The first-order valence-corrected chi connectivity index (χ1v) is 7.06. The number of likely N-dealkylation sites (N-methyl/N-ethyl adjacent to an activating group) is 1. The number of hydrogen-bond acceptors (Lipinski definition) is 3. The van der Waals surface area contributed by atoms with Crippen LogP contribution in [0.2, 0.25) is 0 Å². The van der Waals surface area contributed by atoms with Gasteiger partial charge in [0.1, 0.15) is 0 Å². The summed E-state index contributed by atoms with van der Waals surface area (Å²) in [5, 5.41) is 3.35. The lowest BCUT2D eigenvalue weighted by Gasteiger charge is -2.17. The Kier molecular flexibility index (Phi) is 7.51. The Hall–Kier alpha value is -0.420. The fourth-order valence-electron chi connectivity index (χ4n) is 1.77. The van der Waals surface area contributed by atoms with Crippen molar-refractivity contribution >= 4 is 15.9 Å². The van der Waals surface area contributed by atoms with Crippen molar-refractivity contribution in [3.05, 3.63) is 33.8 Å². The van der Waals surface area contributed by atoms with Crippen LogP contribution in [0.25, 0.3) is 0 Å². The van der Waals surface area contributed by atoms with Crippen LogP contribution in [-0.4, -0.2) is 45.3 Å². The number of nitrogens with zero attached hydrogens (tertiary/aromatic N) is 1. The maximum Gasteiger partial charge on any atom is 0.0587 e. The molecule has 1 aromatic carbocycles. The van der Waals surface area contributed by atoms with Crippen LogP contribution in [0.1, 0.15) is 11.1 Å². The van der Waals surface area contributed by atoms with Gasteiger partial charge in [-0.15, -0.1) is 0 Å². The van der Waals surface area contributed by atoms with Gasteiger partial charge in [-0.3, -0.25) is 0 Å². The molecule has 0 aliphatic heterocycles. The van der Waals surface area contributed by atoms with Gasteiger partial charge < -0.3 is 15.0 Å². The molecule has 1 aromatic rings. The van der Waals surface area contributed by atoms with E-state index in [0.717, 1.165) is 32.8 Å². The summed E-state index contributed by atoms with van der Waals surface area (Å²) < 4.78 is 6.16. The van der Waals surface area contributed by atoms with E-state index in [1.54, 1.807) is 7.11 Å². The maximum absolute atomic E-state index is 4.99. The largest absolute Gasteiger partial charge is 0.383 e. The second kappa shape index (κ2) is 8.64. The molecule has 3 nitrogen and oxygen atoms in total. The lowest BCUT2D eigenvalue weighted by atomic mass is 10.1. The highest BCUT2D eigenvalue weighted by molar-refractivity contribution is 9.10. The van der Waals surface area contributed by atoms with Gasteiger partial charge in [-0.2, -0.15) is 0 Å². The van der Waals surface area contributed by atoms with E-state index in [-0.39, 0.29) is 0 Å². The van der Waals surface area contributed by atoms with Crippen molar-refractivity contribution in [3.63, 3.8) is 0 Å². The number of rotatable bonds is 8. The van der Waals surface area contributed by atoms with Crippen molar-refractivity contribution in [2.45, 2.75) is 13.5 Å². The first-order chi connectivity index (χ1) is 8.63. The number of aryl methyl sites for hydroxylation is 1. The van der Waals surface area contributed by atoms with Gasteiger partial charge in [-0.25, -0.2) is 0 Å². The molecule has 0 aliphatic carbocycles. The van der Waals surface area contributed by atoms with E-state index >= 15 is 0 Å². The molecule has 0 radical (unpaired) electrons. The van der Waals surface area contributed by atoms with Crippen LogP contribution in [-0.2, 0) is 11.3 Å². The Balaban J connectivity index is 2.26. The third kappa shape index (κ3) is 5.96. The van der Waals surface area contributed by atoms with Gasteiger partial charge in [0.15, 0.2) is 0 Å².